The van der Waals surface area contributed by atoms with Crippen molar-refractivity contribution in [3.63, 3.8) is 0 Å². The highest BCUT2D eigenvalue weighted by atomic mass is 16.5. The molecule has 0 aliphatic rings. The van der Waals surface area contributed by atoms with Crippen molar-refractivity contribution in [1.82, 2.24) is 5.32 Å². The second-order valence-corrected chi connectivity index (χ2v) is 3.76. The maximum Gasteiger partial charge on any atom is 0.129 e. The second-order valence-electron chi connectivity index (χ2n) is 3.76. The van der Waals surface area contributed by atoms with Crippen LogP contribution in [0.4, 0.5) is 0 Å². The molecule has 0 saturated carbocycles. The zero-order valence-corrected chi connectivity index (χ0v) is 9.66. The third-order valence-corrected chi connectivity index (χ3v) is 2.23. The quantitative estimate of drug-likeness (QED) is 0.671. The van der Waals surface area contributed by atoms with Gasteiger partial charge in [0.1, 0.15) is 12.4 Å². The van der Waals surface area contributed by atoms with E-state index in [1.165, 1.54) is 12.8 Å². The van der Waals surface area contributed by atoms with Gasteiger partial charge in [0.15, 0.2) is 0 Å². The molecule has 15 heavy (non-hydrogen) atoms. The van der Waals surface area contributed by atoms with E-state index in [1.54, 1.807) is 6.26 Å². The third-order valence-electron chi connectivity index (χ3n) is 2.23. The number of hydrogen-bond acceptors (Lipinski definition) is 3. The Hall–Kier alpha value is -0.800. The first kappa shape index (κ1) is 12.3. The fraction of sp³-hybridized carbons (Fsp3) is 0.667. The predicted octanol–water partition coefficient (Wildman–Crippen LogP) is 2.57. The van der Waals surface area contributed by atoms with Crippen molar-refractivity contribution in [2.45, 2.75) is 39.4 Å². The first-order chi connectivity index (χ1) is 7.33. The van der Waals surface area contributed by atoms with E-state index >= 15 is 0 Å². The molecular weight excluding hydrogens is 190 g/mol. The maximum atomic E-state index is 5.61. The lowest BCUT2D eigenvalue weighted by molar-refractivity contribution is 0.0430. The van der Waals surface area contributed by atoms with Crippen LogP contribution in [0.1, 0.15) is 32.4 Å². The first-order valence-corrected chi connectivity index (χ1v) is 5.67. The standard InChI is InChI=1S/C12H21NO2/c1-3-4-7-13-9-11(2)15-10-12-6-5-8-14-12/h5-6,8,11,13H,3-4,7,9-10H2,1-2H3. The summed E-state index contributed by atoms with van der Waals surface area (Å²) in [6.45, 7) is 6.80. The van der Waals surface area contributed by atoms with Crippen LogP contribution in [-0.4, -0.2) is 19.2 Å². The van der Waals surface area contributed by atoms with Gasteiger partial charge in [-0.3, -0.25) is 0 Å². The minimum absolute atomic E-state index is 0.229. The normalized spacial score (nSPS) is 12.9. The van der Waals surface area contributed by atoms with Gasteiger partial charge in [0.2, 0.25) is 0 Å². The van der Waals surface area contributed by atoms with E-state index in [0.717, 1.165) is 18.8 Å². The van der Waals surface area contributed by atoms with Crippen LogP contribution in [0.25, 0.3) is 0 Å². The molecule has 0 saturated heterocycles. The molecule has 1 aromatic rings. The zero-order chi connectivity index (χ0) is 10.9. The Morgan fingerprint density at radius 3 is 3.07 bits per heavy atom. The van der Waals surface area contributed by atoms with Crippen LogP contribution < -0.4 is 5.32 Å². The number of ether oxygens (including phenoxy) is 1. The van der Waals surface area contributed by atoms with Gasteiger partial charge in [-0.25, -0.2) is 0 Å². The minimum Gasteiger partial charge on any atom is -0.467 e. The molecule has 1 aromatic heterocycles. The summed E-state index contributed by atoms with van der Waals surface area (Å²) < 4.78 is 10.8. The lowest BCUT2D eigenvalue weighted by Gasteiger charge is -2.12. The van der Waals surface area contributed by atoms with E-state index < -0.39 is 0 Å². The smallest absolute Gasteiger partial charge is 0.129 e. The summed E-state index contributed by atoms with van der Waals surface area (Å²) >= 11 is 0. The number of hydrogen-bond donors (Lipinski definition) is 1. The summed E-state index contributed by atoms with van der Waals surface area (Å²) in [7, 11) is 0. The molecule has 3 heteroatoms. The summed E-state index contributed by atoms with van der Waals surface area (Å²) in [5.41, 5.74) is 0. The van der Waals surface area contributed by atoms with Gasteiger partial charge in [-0.1, -0.05) is 13.3 Å². The highest BCUT2D eigenvalue weighted by Gasteiger charge is 2.02. The fourth-order valence-corrected chi connectivity index (χ4v) is 1.29. The molecule has 0 bridgehead atoms. The molecule has 0 amide bonds. The Labute approximate surface area is 91.8 Å². The molecule has 1 N–H and O–H groups in total. The third kappa shape index (κ3) is 5.60. The predicted molar refractivity (Wildman–Crippen MR) is 60.7 cm³/mol. The van der Waals surface area contributed by atoms with E-state index in [2.05, 4.69) is 19.2 Å². The highest BCUT2D eigenvalue weighted by molar-refractivity contribution is 4.96. The van der Waals surface area contributed by atoms with Crippen LogP contribution in [0.2, 0.25) is 0 Å². The van der Waals surface area contributed by atoms with Crippen molar-refractivity contribution in [3.8, 4) is 0 Å². The SMILES string of the molecule is CCCCNCC(C)OCc1ccco1. The van der Waals surface area contributed by atoms with Crippen LogP contribution in [0.3, 0.4) is 0 Å². The molecule has 1 unspecified atom stereocenters. The Morgan fingerprint density at radius 2 is 2.40 bits per heavy atom. The molecule has 0 radical (unpaired) electrons. The largest absolute Gasteiger partial charge is 0.467 e. The van der Waals surface area contributed by atoms with Crippen molar-refractivity contribution in [1.29, 1.82) is 0 Å². The van der Waals surface area contributed by atoms with Gasteiger partial charge in [0.05, 0.1) is 12.4 Å². The van der Waals surface area contributed by atoms with Crippen molar-refractivity contribution in [2.24, 2.45) is 0 Å². The van der Waals surface area contributed by atoms with Gasteiger partial charge in [-0.05, 0) is 32.0 Å². The Balaban J connectivity index is 2.01. The molecule has 0 aliphatic carbocycles. The molecule has 0 aromatic carbocycles. The maximum absolute atomic E-state index is 5.61. The Morgan fingerprint density at radius 1 is 1.53 bits per heavy atom. The Bertz CT molecular complexity index is 234. The monoisotopic (exact) mass is 211 g/mol. The summed E-state index contributed by atoms with van der Waals surface area (Å²) in [6.07, 6.45) is 4.36. The molecule has 0 spiro atoms. The van der Waals surface area contributed by atoms with Crippen molar-refractivity contribution in [2.75, 3.05) is 13.1 Å². The topological polar surface area (TPSA) is 34.4 Å². The molecule has 0 fully saturated rings. The zero-order valence-electron chi connectivity index (χ0n) is 9.66. The van der Waals surface area contributed by atoms with Crippen LogP contribution in [0, 0.1) is 0 Å². The van der Waals surface area contributed by atoms with Crippen LogP contribution in [0.5, 0.6) is 0 Å². The fourth-order valence-electron chi connectivity index (χ4n) is 1.29. The van der Waals surface area contributed by atoms with Crippen LogP contribution in [-0.2, 0) is 11.3 Å². The van der Waals surface area contributed by atoms with E-state index in [9.17, 15) is 0 Å². The summed E-state index contributed by atoms with van der Waals surface area (Å²) in [5.74, 6) is 0.885. The Kier molecular flexibility index (Phi) is 6.12. The van der Waals surface area contributed by atoms with E-state index in [-0.39, 0.29) is 6.10 Å². The number of nitrogens with one attached hydrogen (secondary N) is 1. The summed E-state index contributed by atoms with van der Waals surface area (Å²) in [6, 6.07) is 3.81. The summed E-state index contributed by atoms with van der Waals surface area (Å²) in [5, 5.41) is 3.36. The van der Waals surface area contributed by atoms with Gasteiger partial charge in [0, 0.05) is 6.54 Å². The first-order valence-electron chi connectivity index (χ1n) is 5.67. The van der Waals surface area contributed by atoms with Crippen molar-refractivity contribution < 1.29 is 9.15 Å². The van der Waals surface area contributed by atoms with Gasteiger partial charge >= 0.3 is 0 Å². The van der Waals surface area contributed by atoms with Gasteiger partial charge in [-0.2, -0.15) is 0 Å². The van der Waals surface area contributed by atoms with Gasteiger partial charge < -0.3 is 14.5 Å². The number of rotatable bonds is 8. The van der Waals surface area contributed by atoms with E-state index in [1.807, 2.05) is 12.1 Å². The molecular formula is C12H21NO2. The van der Waals surface area contributed by atoms with Crippen LogP contribution in [0.15, 0.2) is 22.8 Å². The lowest BCUT2D eigenvalue weighted by atomic mass is 10.3. The summed E-state index contributed by atoms with van der Waals surface area (Å²) in [4.78, 5) is 0. The molecule has 86 valence electrons. The van der Waals surface area contributed by atoms with Crippen LogP contribution >= 0.6 is 0 Å². The molecule has 1 rings (SSSR count). The van der Waals surface area contributed by atoms with E-state index in [4.69, 9.17) is 9.15 Å². The highest BCUT2D eigenvalue weighted by Crippen LogP contribution is 2.03. The number of unbranched alkanes of at least 4 members (excludes halogenated alkanes) is 1. The lowest BCUT2D eigenvalue weighted by Crippen LogP contribution is -2.27. The molecule has 1 heterocycles. The minimum atomic E-state index is 0.229. The van der Waals surface area contributed by atoms with E-state index in [0.29, 0.717) is 6.61 Å². The average molecular weight is 211 g/mol. The van der Waals surface area contributed by atoms with Gasteiger partial charge in [-0.15, -0.1) is 0 Å². The second kappa shape index (κ2) is 7.49. The molecule has 3 nitrogen and oxygen atoms in total. The van der Waals surface area contributed by atoms with Crippen molar-refractivity contribution >= 4 is 0 Å². The number of furan rings is 1. The average Bonchev–Trinajstić information content (AvgIpc) is 2.74. The van der Waals surface area contributed by atoms with Gasteiger partial charge in [0.25, 0.3) is 0 Å². The molecule has 1 atom stereocenters. The van der Waals surface area contributed by atoms with Crippen molar-refractivity contribution in [3.05, 3.63) is 24.2 Å². The molecule has 0 aliphatic heterocycles.